The molecule has 0 unspecified atom stereocenters. The molecule has 100 valence electrons. The average Bonchev–Trinajstić information content (AvgIpc) is 3.13. The number of rotatable bonds is 4. The standard InChI is InChI=1S/C13H15N3O3/c17-12-6-5-11(14-15-12)13(18)16(9-3-4-9)8-10-2-1-7-19-10/h1-2,7,9H,3-6,8H2,(H,15,17). The van der Waals surface area contributed by atoms with Gasteiger partial charge in [-0.15, -0.1) is 0 Å². The molecule has 0 bridgehead atoms. The van der Waals surface area contributed by atoms with Crippen molar-refractivity contribution in [3.8, 4) is 0 Å². The first-order valence-corrected chi connectivity index (χ1v) is 6.43. The highest BCUT2D eigenvalue weighted by molar-refractivity contribution is 6.39. The molecule has 19 heavy (non-hydrogen) atoms. The highest BCUT2D eigenvalue weighted by Gasteiger charge is 2.35. The predicted octanol–water partition coefficient (Wildman–Crippen LogP) is 1.04. The molecule has 1 saturated carbocycles. The highest BCUT2D eigenvalue weighted by Crippen LogP contribution is 2.29. The van der Waals surface area contributed by atoms with E-state index >= 15 is 0 Å². The number of carbonyl (C=O) groups is 2. The Morgan fingerprint density at radius 3 is 2.89 bits per heavy atom. The summed E-state index contributed by atoms with van der Waals surface area (Å²) in [5, 5.41) is 3.87. The van der Waals surface area contributed by atoms with Gasteiger partial charge in [0.25, 0.3) is 5.91 Å². The molecule has 1 N–H and O–H groups in total. The van der Waals surface area contributed by atoms with Crippen molar-refractivity contribution in [3.05, 3.63) is 24.2 Å². The Morgan fingerprint density at radius 1 is 1.47 bits per heavy atom. The molecular formula is C13H15N3O3. The van der Waals surface area contributed by atoms with Crippen LogP contribution >= 0.6 is 0 Å². The van der Waals surface area contributed by atoms with Crippen molar-refractivity contribution in [2.75, 3.05) is 0 Å². The number of hydrogen-bond acceptors (Lipinski definition) is 4. The molecule has 6 nitrogen and oxygen atoms in total. The first kappa shape index (κ1) is 12.0. The lowest BCUT2D eigenvalue weighted by Crippen LogP contribution is -2.41. The number of hydrogen-bond donors (Lipinski definition) is 1. The summed E-state index contributed by atoms with van der Waals surface area (Å²) in [7, 11) is 0. The van der Waals surface area contributed by atoms with Crippen LogP contribution in [-0.2, 0) is 16.1 Å². The minimum Gasteiger partial charge on any atom is -0.467 e. The van der Waals surface area contributed by atoms with Crippen molar-refractivity contribution in [1.29, 1.82) is 0 Å². The lowest BCUT2D eigenvalue weighted by atomic mass is 10.1. The third-order valence-electron chi connectivity index (χ3n) is 3.31. The van der Waals surface area contributed by atoms with E-state index in [1.165, 1.54) is 0 Å². The average molecular weight is 261 g/mol. The van der Waals surface area contributed by atoms with Gasteiger partial charge in [0.15, 0.2) is 0 Å². The van der Waals surface area contributed by atoms with Crippen LogP contribution in [0.5, 0.6) is 0 Å². The van der Waals surface area contributed by atoms with Gasteiger partial charge in [0.2, 0.25) is 5.91 Å². The molecule has 0 saturated heterocycles. The van der Waals surface area contributed by atoms with Crippen LogP contribution in [0, 0.1) is 0 Å². The van der Waals surface area contributed by atoms with Gasteiger partial charge in [-0.2, -0.15) is 5.10 Å². The second-order valence-electron chi connectivity index (χ2n) is 4.84. The molecule has 0 radical (unpaired) electrons. The highest BCUT2D eigenvalue weighted by atomic mass is 16.3. The first-order chi connectivity index (χ1) is 9.24. The van der Waals surface area contributed by atoms with E-state index in [1.807, 2.05) is 12.1 Å². The number of carbonyl (C=O) groups excluding carboxylic acids is 2. The normalized spacial score (nSPS) is 18.7. The number of hydrazone groups is 1. The number of amides is 2. The quantitative estimate of drug-likeness (QED) is 0.879. The Labute approximate surface area is 110 Å². The summed E-state index contributed by atoms with van der Waals surface area (Å²) in [5.41, 5.74) is 2.79. The van der Waals surface area contributed by atoms with Gasteiger partial charge in [-0.1, -0.05) is 0 Å². The number of nitrogens with zero attached hydrogens (tertiary/aromatic N) is 2. The van der Waals surface area contributed by atoms with Gasteiger partial charge in [0.1, 0.15) is 11.5 Å². The molecular weight excluding hydrogens is 246 g/mol. The zero-order chi connectivity index (χ0) is 13.2. The van der Waals surface area contributed by atoms with Gasteiger partial charge in [-0.05, 0) is 25.0 Å². The summed E-state index contributed by atoms with van der Waals surface area (Å²) in [6, 6.07) is 3.94. The SMILES string of the molecule is O=C1CCC(C(=O)N(Cc2ccco2)C2CC2)=NN1. The fourth-order valence-electron chi connectivity index (χ4n) is 2.12. The zero-order valence-electron chi connectivity index (χ0n) is 10.5. The van der Waals surface area contributed by atoms with Crippen molar-refractivity contribution >= 4 is 17.5 Å². The summed E-state index contributed by atoms with van der Waals surface area (Å²) in [5.74, 6) is 0.528. The molecule has 1 aromatic rings. The van der Waals surface area contributed by atoms with E-state index < -0.39 is 0 Å². The van der Waals surface area contributed by atoms with E-state index in [4.69, 9.17) is 4.42 Å². The fraction of sp³-hybridized carbons (Fsp3) is 0.462. The van der Waals surface area contributed by atoms with E-state index in [0.29, 0.717) is 25.1 Å². The summed E-state index contributed by atoms with van der Waals surface area (Å²) < 4.78 is 5.29. The topological polar surface area (TPSA) is 74.9 Å². The van der Waals surface area contributed by atoms with Crippen LogP contribution in [0.4, 0.5) is 0 Å². The molecule has 2 heterocycles. The number of nitrogens with one attached hydrogen (secondary N) is 1. The third-order valence-corrected chi connectivity index (χ3v) is 3.31. The van der Waals surface area contributed by atoms with Crippen molar-refractivity contribution in [2.24, 2.45) is 5.10 Å². The summed E-state index contributed by atoms with van der Waals surface area (Å²) in [4.78, 5) is 25.2. The van der Waals surface area contributed by atoms with Gasteiger partial charge in [-0.3, -0.25) is 9.59 Å². The Balaban J connectivity index is 1.73. The zero-order valence-corrected chi connectivity index (χ0v) is 10.5. The maximum absolute atomic E-state index is 12.4. The van der Waals surface area contributed by atoms with Gasteiger partial charge in [0.05, 0.1) is 12.8 Å². The molecule has 1 fully saturated rings. The Kier molecular flexibility index (Phi) is 3.06. The van der Waals surface area contributed by atoms with Crippen molar-refractivity contribution in [1.82, 2.24) is 10.3 Å². The molecule has 2 amide bonds. The lowest BCUT2D eigenvalue weighted by molar-refractivity contribution is -0.126. The second-order valence-corrected chi connectivity index (χ2v) is 4.84. The van der Waals surface area contributed by atoms with Crippen molar-refractivity contribution in [2.45, 2.75) is 38.3 Å². The number of furan rings is 1. The molecule has 2 aliphatic rings. The van der Waals surface area contributed by atoms with Crippen LogP contribution in [0.15, 0.2) is 27.9 Å². The van der Waals surface area contributed by atoms with E-state index in [1.54, 1.807) is 11.2 Å². The van der Waals surface area contributed by atoms with Crippen molar-refractivity contribution < 1.29 is 14.0 Å². The fourth-order valence-corrected chi connectivity index (χ4v) is 2.12. The monoisotopic (exact) mass is 261 g/mol. The minimum atomic E-state index is -0.138. The lowest BCUT2D eigenvalue weighted by Gasteiger charge is -2.23. The van der Waals surface area contributed by atoms with Gasteiger partial charge < -0.3 is 9.32 Å². The van der Waals surface area contributed by atoms with E-state index in [9.17, 15) is 9.59 Å². The Hall–Kier alpha value is -2.11. The van der Waals surface area contributed by atoms with Crippen LogP contribution in [0.1, 0.15) is 31.4 Å². The Bertz CT molecular complexity index is 517. The van der Waals surface area contributed by atoms with Gasteiger partial charge in [0, 0.05) is 18.9 Å². The minimum absolute atomic E-state index is 0.0982. The summed E-state index contributed by atoms with van der Waals surface area (Å²) >= 11 is 0. The third kappa shape index (κ3) is 2.67. The van der Waals surface area contributed by atoms with Crippen LogP contribution in [-0.4, -0.2) is 28.5 Å². The van der Waals surface area contributed by atoms with Gasteiger partial charge in [-0.25, -0.2) is 5.43 Å². The molecule has 0 atom stereocenters. The smallest absolute Gasteiger partial charge is 0.270 e. The van der Waals surface area contributed by atoms with Gasteiger partial charge >= 0.3 is 0 Å². The molecule has 1 aromatic heterocycles. The van der Waals surface area contributed by atoms with E-state index in [-0.39, 0.29) is 17.9 Å². The molecule has 0 spiro atoms. The van der Waals surface area contributed by atoms with Crippen LogP contribution in [0.25, 0.3) is 0 Å². The molecule has 3 rings (SSSR count). The molecule has 0 aromatic carbocycles. The predicted molar refractivity (Wildman–Crippen MR) is 67.1 cm³/mol. The van der Waals surface area contributed by atoms with Crippen LogP contribution in [0.3, 0.4) is 0 Å². The maximum Gasteiger partial charge on any atom is 0.270 e. The molecule has 6 heteroatoms. The van der Waals surface area contributed by atoms with E-state index in [2.05, 4.69) is 10.5 Å². The first-order valence-electron chi connectivity index (χ1n) is 6.43. The summed E-state index contributed by atoms with van der Waals surface area (Å²) in [6.45, 7) is 0.462. The summed E-state index contributed by atoms with van der Waals surface area (Å²) in [6.07, 6.45) is 4.37. The molecule has 1 aliphatic heterocycles. The van der Waals surface area contributed by atoms with Crippen molar-refractivity contribution in [3.63, 3.8) is 0 Å². The molecule has 1 aliphatic carbocycles. The maximum atomic E-state index is 12.4. The van der Waals surface area contributed by atoms with Crippen LogP contribution in [0.2, 0.25) is 0 Å². The second kappa shape index (κ2) is 4.87. The van der Waals surface area contributed by atoms with E-state index in [0.717, 1.165) is 18.6 Å². The Morgan fingerprint density at radius 2 is 2.32 bits per heavy atom. The van der Waals surface area contributed by atoms with Crippen LogP contribution < -0.4 is 5.43 Å². The largest absolute Gasteiger partial charge is 0.467 e.